The molecule has 0 bridgehead atoms. The lowest BCUT2D eigenvalue weighted by Crippen LogP contribution is -2.13. The van der Waals surface area contributed by atoms with Gasteiger partial charge in [-0.05, 0) is 25.0 Å². The first-order valence-corrected chi connectivity index (χ1v) is 8.22. The minimum absolute atomic E-state index is 0.0377. The highest BCUT2D eigenvalue weighted by Gasteiger charge is 2.20. The van der Waals surface area contributed by atoms with Crippen LogP contribution in [0.15, 0.2) is 24.4 Å². The summed E-state index contributed by atoms with van der Waals surface area (Å²) in [4.78, 5) is 13.4. The molecule has 3 heterocycles. The highest BCUT2D eigenvalue weighted by Crippen LogP contribution is 2.26. The van der Waals surface area contributed by atoms with Crippen molar-refractivity contribution in [1.82, 2.24) is 15.0 Å². The average molecular weight is 329 g/mol. The molecule has 0 aromatic carbocycles. The maximum Gasteiger partial charge on any atom is 0.224 e. The number of aliphatic hydroxyl groups is 1. The van der Waals surface area contributed by atoms with Gasteiger partial charge >= 0.3 is 0 Å². The zero-order valence-electron chi connectivity index (χ0n) is 13.8. The summed E-state index contributed by atoms with van der Waals surface area (Å²) in [6, 6.07) is 5.94. The van der Waals surface area contributed by atoms with Crippen LogP contribution in [0.3, 0.4) is 0 Å². The molecule has 128 valence electrons. The molecule has 1 saturated heterocycles. The molecule has 7 heteroatoms. The molecular weight excluding hydrogens is 306 g/mol. The Morgan fingerprint density at radius 1 is 1.33 bits per heavy atom. The Balaban J connectivity index is 1.77. The van der Waals surface area contributed by atoms with E-state index in [1.54, 1.807) is 6.20 Å². The molecule has 1 atom stereocenters. The number of nitrogens with zero attached hydrogens (tertiary/aromatic N) is 3. The second-order valence-electron chi connectivity index (χ2n) is 5.83. The Bertz CT molecular complexity index is 674. The van der Waals surface area contributed by atoms with E-state index in [1.807, 2.05) is 25.1 Å². The van der Waals surface area contributed by atoms with Crippen LogP contribution in [-0.4, -0.2) is 46.4 Å². The summed E-state index contributed by atoms with van der Waals surface area (Å²) in [6.45, 7) is 4.56. The number of hydrogen-bond acceptors (Lipinski definition) is 7. The SMILES string of the molecule is Cc1cccnc1CNc1cc([C@H]2CCOC2)nc(NCCO)n1. The Kier molecular flexibility index (Phi) is 5.55. The van der Waals surface area contributed by atoms with E-state index in [4.69, 9.17) is 9.84 Å². The van der Waals surface area contributed by atoms with Crippen molar-refractivity contribution >= 4 is 11.8 Å². The molecule has 0 radical (unpaired) electrons. The summed E-state index contributed by atoms with van der Waals surface area (Å²) in [6.07, 6.45) is 2.76. The molecule has 0 amide bonds. The van der Waals surface area contributed by atoms with E-state index in [1.165, 1.54) is 0 Å². The number of aryl methyl sites for hydroxylation is 1. The predicted molar refractivity (Wildman–Crippen MR) is 92.1 cm³/mol. The van der Waals surface area contributed by atoms with Crippen LogP contribution < -0.4 is 10.6 Å². The van der Waals surface area contributed by atoms with Gasteiger partial charge in [0.15, 0.2) is 0 Å². The third-order valence-corrected chi connectivity index (χ3v) is 4.04. The summed E-state index contributed by atoms with van der Waals surface area (Å²) in [7, 11) is 0. The minimum atomic E-state index is 0.0377. The molecule has 3 rings (SSSR count). The number of hydrogen-bond donors (Lipinski definition) is 3. The number of nitrogens with one attached hydrogen (secondary N) is 2. The Morgan fingerprint density at radius 3 is 3.00 bits per heavy atom. The van der Waals surface area contributed by atoms with Gasteiger partial charge in [0.2, 0.25) is 5.95 Å². The van der Waals surface area contributed by atoms with E-state index < -0.39 is 0 Å². The lowest BCUT2D eigenvalue weighted by Gasteiger charge is -2.14. The second kappa shape index (κ2) is 8.03. The first kappa shape index (κ1) is 16.6. The van der Waals surface area contributed by atoms with Crippen molar-refractivity contribution in [3.05, 3.63) is 41.3 Å². The predicted octanol–water partition coefficient (Wildman–Crippen LogP) is 1.70. The van der Waals surface area contributed by atoms with Crippen LogP contribution in [0, 0.1) is 6.92 Å². The number of aliphatic hydroxyl groups excluding tert-OH is 1. The number of pyridine rings is 1. The van der Waals surface area contributed by atoms with Crippen LogP contribution >= 0.6 is 0 Å². The molecular formula is C17H23N5O2. The Morgan fingerprint density at radius 2 is 2.25 bits per heavy atom. The second-order valence-corrected chi connectivity index (χ2v) is 5.83. The van der Waals surface area contributed by atoms with Crippen molar-refractivity contribution in [3.63, 3.8) is 0 Å². The maximum atomic E-state index is 9.00. The molecule has 7 nitrogen and oxygen atoms in total. The van der Waals surface area contributed by atoms with Gasteiger partial charge in [-0.3, -0.25) is 4.98 Å². The zero-order valence-corrected chi connectivity index (χ0v) is 13.8. The molecule has 1 fully saturated rings. The van der Waals surface area contributed by atoms with Crippen molar-refractivity contribution in [2.45, 2.75) is 25.8 Å². The van der Waals surface area contributed by atoms with Crippen LogP contribution in [0.25, 0.3) is 0 Å². The molecule has 3 N–H and O–H groups in total. The van der Waals surface area contributed by atoms with E-state index in [0.717, 1.165) is 35.8 Å². The molecule has 2 aromatic heterocycles. The summed E-state index contributed by atoms with van der Waals surface area (Å²) >= 11 is 0. The van der Waals surface area contributed by atoms with Crippen LogP contribution in [0.1, 0.15) is 29.3 Å². The smallest absolute Gasteiger partial charge is 0.224 e. The topological polar surface area (TPSA) is 92.2 Å². The van der Waals surface area contributed by atoms with Gasteiger partial charge in [-0.15, -0.1) is 0 Å². The Labute approximate surface area is 141 Å². The largest absolute Gasteiger partial charge is 0.395 e. The van der Waals surface area contributed by atoms with Crippen LogP contribution in [0.2, 0.25) is 0 Å². The number of aromatic nitrogens is 3. The van der Waals surface area contributed by atoms with E-state index >= 15 is 0 Å². The highest BCUT2D eigenvalue weighted by molar-refractivity contribution is 5.44. The molecule has 1 aliphatic rings. The summed E-state index contributed by atoms with van der Waals surface area (Å²) < 4.78 is 5.47. The molecule has 0 unspecified atom stereocenters. The molecule has 1 aliphatic heterocycles. The average Bonchev–Trinajstić information content (AvgIpc) is 3.14. The van der Waals surface area contributed by atoms with E-state index in [-0.39, 0.29) is 6.61 Å². The normalized spacial score (nSPS) is 17.0. The fourth-order valence-corrected chi connectivity index (χ4v) is 2.66. The summed E-state index contributed by atoms with van der Waals surface area (Å²) in [5, 5.41) is 15.4. The molecule has 2 aromatic rings. The van der Waals surface area contributed by atoms with Crippen LogP contribution in [0.4, 0.5) is 11.8 Å². The standard InChI is InChI=1S/C17H23N5O2/c1-12-3-2-5-18-15(12)10-20-16-9-14(13-4-8-24-11-13)21-17(22-16)19-6-7-23/h2-3,5,9,13,23H,4,6-8,10-11H2,1H3,(H2,19,20,21,22)/t13-/m0/s1. The van der Waals surface area contributed by atoms with Gasteiger partial charge in [0, 0.05) is 31.3 Å². The fraction of sp³-hybridized carbons (Fsp3) is 0.471. The van der Waals surface area contributed by atoms with Crippen molar-refractivity contribution in [2.24, 2.45) is 0 Å². The monoisotopic (exact) mass is 329 g/mol. The fourth-order valence-electron chi connectivity index (χ4n) is 2.66. The van der Waals surface area contributed by atoms with E-state index in [2.05, 4.69) is 25.6 Å². The quantitative estimate of drug-likeness (QED) is 0.712. The zero-order chi connectivity index (χ0) is 16.8. The van der Waals surface area contributed by atoms with Crippen molar-refractivity contribution in [2.75, 3.05) is 37.0 Å². The molecule has 0 saturated carbocycles. The van der Waals surface area contributed by atoms with Gasteiger partial charge in [-0.25, -0.2) is 4.98 Å². The summed E-state index contributed by atoms with van der Waals surface area (Å²) in [5.41, 5.74) is 3.09. The van der Waals surface area contributed by atoms with Gasteiger partial charge in [0.05, 0.1) is 31.1 Å². The lowest BCUT2D eigenvalue weighted by atomic mass is 10.0. The third kappa shape index (κ3) is 4.18. The van der Waals surface area contributed by atoms with Gasteiger partial charge in [0.25, 0.3) is 0 Å². The van der Waals surface area contributed by atoms with Crippen molar-refractivity contribution in [1.29, 1.82) is 0 Å². The van der Waals surface area contributed by atoms with E-state index in [9.17, 15) is 0 Å². The van der Waals surface area contributed by atoms with E-state index in [0.29, 0.717) is 31.6 Å². The number of rotatable bonds is 7. The highest BCUT2D eigenvalue weighted by atomic mass is 16.5. The first-order valence-electron chi connectivity index (χ1n) is 8.22. The van der Waals surface area contributed by atoms with Crippen molar-refractivity contribution < 1.29 is 9.84 Å². The van der Waals surface area contributed by atoms with Gasteiger partial charge in [-0.2, -0.15) is 4.98 Å². The van der Waals surface area contributed by atoms with Gasteiger partial charge < -0.3 is 20.5 Å². The van der Waals surface area contributed by atoms with Gasteiger partial charge in [0.1, 0.15) is 5.82 Å². The molecule has 24 heavy (non-hydrogen) atoms. The number of anilines is 2. The molecule has 0 aliphatic carbocycles. The molecule has 0 spiro atoms. The Hall–Kier alpha value is -2.25. The first-order chi connectivity index (χ1) is 11.8. The lowest BCUT2D eigenvalue weighted by molar-refractivity contribution is 0.193. The van der Waals surface area contributed by atoms with Crippen LogP contribution in [-0.2, 0) is 11.3 Å². The summed E-state index contributed by atoms with van der Waals surface area (Å²) in [5.74, 6) is 1.56. The number of ether oxygens (including phenoxy) is 1. The minimum Gasteiger partial charge on any atom is -0.395 e. The van der Waals surface area contributed by atoms with Gasteiger partial charge in [-0.1, -0.05) is 6.07 Å². The van der Waals surface area contributed by atoms with Crippen molar-refractivity contribution in [3.8, 4) is 0 Å². The maximum absolute atomic E-state index is 9.00. The van der Waals surface area contributed by atoms with Crippen LogP contribution in [0.5, 0.6) is 0 Å². The third-order valence-electron chi connectivity index (χ3n) is 4.04.